The van der Waals surface area contributed by atoms with Gasteiger partial charge in [-0.25, -0.2) is 0 Å². The van der Waals surface area contributed by atoms with Gasteiger partial charge in [-0.3, -0.25) is 0 Å². The van der Waals surface area contributed by atoms with E-state index in [1.807, 2.05) is 36.4 Å². The van der Waals surface area contributed by atoms with Crippen LogP contribution in [0.25, 0.3) is 0 Å². The van der Waals surface area contributed by atoms with Crippen molar-refractivity contribution >= 4 is 15.9 Å². The van der Waals surface area contributed by atoms with E-state index in [1.165, 1.54) is 5.56 Å². The van der Waals surface area contributed by atoms with Gasteiger partial charge in [-0.05, 0) is 65.6 Å². The van der Waals surface area contributed by atoms with E-state index in [0.29, 0.717) is 6.04 Å². The standard InChI is InChI=1S/C17H20BrNO/c1-3-11-19-13(2)14-7-6-8-15(12-14)20-17-10-5-4-9-16(17)18/h4-10,12-13,19H,3,11H2,1-2H3. The van der Waals surface area contributed by atoms with E-state index in [1.54, 1.807) is 0 Å². The van der Waals surface area contributed by atoms with Crippen LogP contribution in [0.4, 0.5) is 0 Å². The van der Waals surface area contributed by atoms with Gasteiger partial charge in [0.15, 0.2) is 0 Å². The van der Waals surface area contributed by atoms with Crippen molar-refractivity contribution in [2.24, 2.45) is 0 Å². The molecule has 0 fully saturated rings. The van der Waals surface area contributed by atoms with Crippen LogP contribution in [-0.2, 0) is 0 Å². The Kier molecular flexibility index (Phi) is 5.62. The van der Waals surface area contributed by atoms with E-state index < -0.39 is 0 Å². The molecule has 0 saturated carbocycles. The number of para-hydroxylation sites is 1. The van der Waals surface area contributed by atoms with Gasteiger partial charge in [0.25, 0.3) is 0 Å². The Bertz CT molecular complexity index is 556. The molecule has 0 heterocycles. The Hall–Kier alpha value is -1.32. The normalized spacial score (nSPS) is 12.2. The number of halogens is 1. The van der Waals surface area contributed by atoms with Crippen LogP contribution in [0, 0.1) is 0 Å². The van der Waals surface area contributed by atoms with Gasteiger partial charge >= 0.3 is 0 Å². The molecule has 1 atom stereocenters. The van der Waals surface area contributed by atoms with Crippen molar-refractivity contribution in [1.82, 2.24) is 5.32 Å². The third kappa shape index (κ3) is 4.09. The molecule has 0 aliphatic heterocycles. The first-order valence-electron chi connectivity index (χ1n) is 6.96. The molecule has 0 aliphatic carbocycles. The zero-order chi connectivity index (χ0) is 14.4. The molecule has 20 heavy (non-hydrogen) atoms. The summed E-state index contributed by atoms with van der Waals surface area (Å²) in [5.41, 5.74) is 1.24. The third-order valence-corrected chi connectivity index (χ3v) is 3.78. The number of ether oxygens (including phenoxy) is 1. The molecule has 1 unspecified atom stereocenters. The minimum absolute atomic E-state index is 0.331. The zero-order valence-electron chi connectivity index (χ0n) is 11.9. The third-order valence-electron chi connectivity index (χ3n) is 3.12. The second kappa shape index (κ2) is 7.46. The number of hydrogen-bond donors (Lipinski definition) is 1. The maximum absolute atomic E-state index is 5.93. The summed E-state index contributed by atoms with van der Waals surface area (Å²) in [6.45, 7) is 5.37. The molecule has 0 aromatic heterocycles. The van der Waals surface area contributed by atoms with Crippen LogP contribution >= 0.6 is 15.9 Å². The summed E-state index contributed by atoms with van der Waals surface area (Å²) >= 11 is 3.50. The maximum Gasteiger partial charge on any atom is 0.141 e. The molecule has 2 nitrogen and oxygen atoms in total. The molecule has 0 aliphatic rings. The molecular weight excluding hydrogens is 314 g/mol. The molecule has 106 valence electrons. The van der Waals surface area contributed by atoms with Crippen LogP contribution in [0.1, 0.15) is 31.9 Å². The molecular formula is C17H20BrNO. The Morgan fingerprint density at radius 3 is 2.70 bits per heavy atom. The first-order valence-corrected chi connectivity index (χ1v) is 7.75. The lowest BCUT2D eigenvalue weighted by molar-refractivity contribution is 0.476. The fraction of sp³-hybridized carbons (Fsp3) is 0.294. The van der Waals surface area contributed by atoms with Crippen molar-refractivity contribution in [1.29, 1.82) is 0 Å². The monoisotopic (exact) mass is 333 g/mol. The minimum atomic E-state index is 0.331. The smallest absolute Gasteiger partial charge is 0.141 e. The van der Waals surface area contributed by atoms with Gasteiger partial charge < -0.3 is 10.1 Å². The predicted octanol–water partition coefficient (Wildman–Crippen LogP) is 5.30. The van der Waals surface area contributed by atoms with Crippen molar-refractivity contribution in [3.63, 3.8) is 0 Å². The lowest BCUT2D eigenvalue weighted by Gasteiger charge is -2.15. The Balaban J connectivity index is 2.12. The van der Waals surface area contributed by atoms with Gasteiger partial charge in [0.05, 0.1) is 4.47 Å². The highest BCUT2D eigenvalue weighted by molar-refractivity contribution is 9.10. The van der Waals surface area contributed by atoms with Crippen LogP contribution in [0.2, 0.25) is 0 Å². The lowest BCUT2D eigenvalue weighted by atomic mass is 10.1. The van der Waals surface area contributed by atoms with Gasteiger partial charge in [-0.15, -0.1) is 0 Å². The highest BCUT2D eigenvalue weighted by Crippen LogP contribution is 2.30. The van der Waals surface area contributed by atoms with Crippen molar-refractivity contribution in [2.45, 2.75) is 26.3 Å². The van der Waals surface area contributed by atoms with Crippen LogP contribution in [-0.4, -0.2) is 6.54 Å². The summed E-state index contributed by atoms with van der Waals surface area (Å²) in [4.78, 5) is 0. The first kappa shape index (κ1) is 15.1. The highest BCUT2D eigenvalue weighted by atomic mass is 79.9. The van der Waals surface area contributed by atoms with Crippen LogP contribution in [0.5, 0.6) is 11.5 Å². The van der Waals surface area contributed by atoms with Crippen LogP contribution < -0.4 is 10.1 Å². The fourth-order valence-electron chi connectivity index (χ4n) is 1.98. The van der Waals surface area contributed by atoms with Crippen LogP contribution in [0.15, 0.2) is 53.0 Å². The maximum atomic E-state index is 5.93. The SMILES string of the molecule is CCCNC(C)c1cccc(Oc2ccccc2Br)c1. The lowest BCUT2D eigenvalue weighted by Crippen LogP contribution is -2.19. The van der Waals surface area contributed by atoms with Gasteiger partial charge in [0, 0.05) is 6.04 Å². The summed E-state index contributed by atoms with van der Waals surface area (Å²) < 4.78 is 6.89. The van der Waals surface area contributed by atoms with Crippen molar-refractivity contribution in [3.8, 4) is 11.5 Å². The molecule has 2 rings (SSSR count). The number of benzene rings is 2. The molecule has 0 amide bonds. The highest BCUT2D eigenvalue weighted by Gasteiger charge is 2.07. The van der Waals surface area contributed by atoms with E-state index in [-0.39, 0.29) is 0 Å². The summed E-state index contributed by atoms with van der Waals surface area (Å²) in [6, 6.07) is 16.4. The van der Waals surface area contributed by atoms with E-state index in [9.17, 15) is 0 Å². The molecule has 1 N–H and O–H groups in total. The Labute approximate surface area is 129 Å². The van der Waals surface area contributed by atoms with Crippen LogP contribution in [0.3, 0.4) is 0 Å². The molecule has 2 aromatic rings. The van der Waals surface area contributed by atoms with E-state index in [0.717, 1.165) is 28.9 Å². The zero-order valence-corrected chi connectivity index (χ0v) is 13.5. The molecule has 0 saturated heterocycles. The van der Waals surface area contributed by atoms with Crippen molar-refractivity contribution in [3.05, 3.63) is 58.6 Å². The van der Waals surface area contributed by atoms with Gasteiger partial charge in [-0.2, -0.15) is 0 Å². The quantitative estimate of drug-likeness (QED) is 0.774. The molecule has 3 heteroatoms. The van der Waals surface area contributed by atoms with E-state index in [2.05, 4.69) is 47.2 Å². The van der Waals surface area contributed by atoms with Gasteiger partial charge in [0.1, 0.15) is 11.5 Å². The number of rotatable bonds is 6. The molecule has 0 radical (unpaired) electrons. The Morgan fingerprint density at radius 1 is 1.15 bits per heavy atom. The number of hydrogen-bond acceptors (Lipinski definition) is 2. The summed E-state index contributed by atoms with van der Waals surface area (Å²) in [6.07, 6.45) is 1.14. The molecule has 0 bridgehead atoms. The average molecular weight is 334 g/mol. The fourth-order valence-corrected chi connectivity index (χ4v) is 2.35. The van der Waals surface area contributed by atoms with Crippen molar-refractivity contribution in [2.75, 3.05) is 6.54 Å². The molecule has 2 aromatic carbocycles. The largest absolute Gasteiger partial charge is 0.456 e. The van der Waals surface area contributed by atoms with Gasteiger partial charge in [-0.1, -0.05) is 31.2 Å². The van der Waals surface area contributed by atoms with Crippen molar-refractivity contribution < 1.29 is 4.74 Å². The second-order valence-corrected chi connectivity index (χ2v) is 5.64. The second-order valence-electron chi connectivity index (χ2n) is 4.78. The average Bonchev–Trinajstić information content (AvgIpc) is 2.47. The summed E-state index contributed by atoms with van der Waals surface area (Å²) in [7, 11) is 0. The molecule has 0 spiro atoms. The topological polar surface area (TPSA) is 21.3 Å². The van der Waals surface area contributed by atoms with Gasteiger partial charge in [0.2, 0.25) is 0 Å². The Morgan fingerprint density at radius 2 is 1.95 bits per heavy atom. The predicted molar refractivity (Wildman–Crippen MR) is 87.4 cm³/mol. The summed E-state index contributed by atoms with van der Waals surface area (Å²) in [5.74, 6) is 1.69. The minimum Gasteiger partial charge on any atom is -0.456 e. The summed E-state index contributed by atoms with van der Waals surface area (Å²) in [5, 5.41) is 3.49. The first-order chi connectivity index (χ1) is 9.70. The van der Waals surface area contributed by atoms with E-state index in [4.69, 9.17) is 4.74 Å². The number of nitrogens with one attached hydrogen (secondary N) is 1. The van der Waals surface area contributed by atoms with E-state index >= 15 is 0 Å².